The summed E-state index contributed by atoms with van der Waals surface area (Å²) in [6.45, 7) is 3.61. The van der Waals surface area contributed by atoms with Crippen LogP contribution < -0.4 is 10.0 Å². The van der Waals surface area contributed by atoms with Gasteiger partial charge in [-0.1, -0.05) is 22.9 Å². The van der Waals surface area contributed by atoms with Crippen LogP contribution in [-0.4, -0.2) is 19.9 Å². The lowest BCUT2D eigenvalue weighted by Crippen LogP contribution is -2.14. The van der Waals surface area contributed by atoms with Gasteiger partial charge in [-0.05, 0) is 43.3 Å². The van der Waals surface area contributed by atoms with Crippen molar-refractivity contribution in [3.05, 3.63) is 46.7 Å². The molecule has 0 saturated heterocycles. The van der Waals surface area contributed by atoms with Crippen LogP contribution in [0.2, 0.25) is 0 Å². The first-order valence-corrected chi connectivity index (χ1v) is 8.95. The molecule has 1 heterocycles. The first-order valence-electron chi connectivity index (χ1n) is 6.67. The van der Waals surface area contributed by atoms with E-state index in [1.807, 2.05) is 0 Å². The van der Waals surface area contributed by atoms with Gasteiger partial charge < -0.3 is 10.3 Å². The quantitative estimate of drug-likeness (QED) is 0.654. The van der Waals surface area contributed by atoms with Crippen molar-refractivity contribution in [3.63, 3.8) is 0 Å². The zero-order chi connectivity index (χ0) is 15.3. The summed E-state index contributed by atoms with van der Waals surface area (Å²) in [6.07, 6.45) is 2.54. The summed E-state index contributed by atoms with van der Waals surface area (Å²) < 4.78 is 28.0. The molecule has 0 atom stereocenters. The van der Waals surface area contributed by atoms with E-state index >= 15 is 0 Å². The average molecular weight is 372 g/mol. The highest BCUT2D eigenvalue weighted by molar-refractivity contribution is 9.10. The molecule has 3 N–H and O–H groups in total. The van der Waals surface area contributed by atoms with Gasteiger partial charge in [-0.25, -0.2) is 8.42 Å². The monoisotopic (exact) mass is 371 g/mol. The van der Waals surface area contributed by atoms with Crippen LogP contribution in [-0.2, 0) is 16.6 Å². The number of anilines is 1. The maximum absolute atomic E-state index is 12.3. The fourth-order valence-corrected chi connectivity index (χ4v) is 3.15. The second-order valence-corrected chi connectivity index (χ2v) is 7.25. The van der Waals surface area contributed by atoms with Gasteiger partial charge >= 0.3 is 0 Å². The molecule has 1 aromatic heterocycles. The van der Waals surface area contributed by atoms with Gasteiger partial charge in [0.25, 0.3) is 10.0 Å². The molecule has 0 amide bonds. The van der Waals surface area contributed by atoms with Gasteiger partial charge in [0.2, 0.25) is 0 Å². The molecule has 0 fully saturated rings. The molecule has 2 rings (SSSR count). The Morgan fingerprint density at radius 3 is 2.62 bits per heavy atom. The number of hydrogen-bond acceptors (Lipinski definition) is 3. The molecule has 0 unspecified atom stereocenters. The van der Waals surface area contributed by atoms with Crippen LogP contribution in [0.5, 0.6) is 0 Å². The molecule has 0 spiro atoms. The van der Waals surface area contributed by atoms with E-state index in [-0.39, 0.29) is 4.90 Å². The maximum atomic E-state index is 12.3. The molecule has 0 bridgehead atoms. The number of aromatic nitrogens is 1. The highest BCUT2D eigenvalue weighted by Gasteiger charge is 2.16. The predicted octanol–water partition coefficient (Wildman–Crippen LogP) is 3.08. The Kier molecular flexibility index (Phi) is 5.44. The Morgan fingerprint density at radius 2 is 1.95 bits per heavy atom. The molecule has 2 aromatic rings. The van der Waals surface area contributed by atoms with Crippen molar-refractivity contribution in [2.75, 3.05) is 11.3 Å². The van der Waals surface area contributed by atoms with E-state index < -0.39 is 10.0 Å². The fraction of sp³-hybridized carbons (Fsp3) is 0.286. The zero-order valence-electron chi connectivity index (χ0n) is 11.7. The van der Waals surface area contributed by atoms with Gasteiger partial charge in [0, 0.05) is 28.6 Å². The van der Waals surface area contributed by atoms with Crippen LogP contribution in [0.15, 0.2) is 45.9 Å². The molecule has 0 radical (unpaired) electrons. The van der Waals surface area contributed by atoms with Crippen molar-refractivity contribution >= 4 is 31.6 Å². The number of hydrogen-bond donors (Lipinski definition) is 3. The molecule has 1 aromatic carbocycles. The SMILES string of the molecule is CCCNCc1cc(S(=O)(=O)Nc2ccc(Br)cc2)c[nH]1. The van der Waals surface area contributed by atoms with E-state index in [9.17, 15) is 8.42 Å². The largest absolute Gasteiger partial charge is 0.363 e. The normalized spacial score (nSPS) is 11.5. The first kappa shape index (κ1) is 16.1. The molecule has 0 saturated carbocycles. The minimum Gasteiger partial charge on any atom is -0.363 e. The van der Waals surface area contributed by atoms with Crippen LogP contribution in [0.4, 0.5) is 5.69 Å². The second-order valence-electron chi connectivity index (χ2n) is 4.65. The van der Waals surface area contributed by atoms with Gasteiger partial charge in [0.05, 0.1) is 0 Å². The summed E-state index contributed by atoms with van der Waals surface area (Å²) in [6, 6.07) is 8.63. The predicted molar refractivity (Wildman–Crippen MR) is 87.7 cm³/mol. The highest BCUT2D eigenvalue weighted by Crippen LogP contribution is 2.19. The third-order valence-electron chi connectivity index (χ3n) is 2.87. The lowest BCUT2D eigenvalue weighted by atomic mass is 10.3. The Hall–Kier alpha value is -1.31. The molecule has 114 valence electrons. The van der Waals surface area contributed by atoms with Crippen molar-refractivity contribution < 1.29 is 8.42 Å². The zero-order valence-corrected chi connectivity index (χ0v) is 14.1. The van der Waals surface area contributed by atoms with Gasteiger partial charge in [0.1, 0.15) is 4.90 Å². The summed E-state index contributed by atoms with van der Waals surface area (Å²) in [7, 11) is -3.56. The lowest BCUT2D eigenvalue weighted by Gasteiger charge is -2.06. The van der Waals surface area contributed by atoms with Gasteiger partial charge in [-0.3, -0.25) is 4.72 Å². The number of rotatable bonds is 7. The number of halogens is 1. The van der Waals surface area contributed by atoms with Gasteiger partial charge in [-0.15, -0.1) is 0 Å². The third-order valence-corrected chi connectivity index (χ3v) is 4.75. The number of aromatic amines is 1. The molecule has 0 aliphatic heterocycles. The molecule has 5 nitrogen and oxygen atoms in total. The van der Waals surface area contributed by atoms with Crippen LogP contribution >= 0.6 is 15.9 Å². The minimum atomic E-state index is -3.56. The van der Waals surface area contributed by atoms with Gasteiger partial charge in [-0.2, -0.15) is 0 Å². The minimum absolute atomic E-state index is 0.235. The molecule has 0 aliphatic carbocycles. The third kappa shape index (κ3) is 4.59. The van der Waals surface area contributed by atoms with Crippen molar-refractivity contribution in [3.8, 4) is 0 Å². The number of H-pyrrole nitrogens is 1. The van der Waals surface area contributed by atoms with Crippen LogP contribution in [0.3, 0.4) is 0 Å². The Labute approximate surface area is 133 Å². The van der Waals surface area contributed by atoms with Crippen molar-refractivity contribution in [1.82, 2.24) is 10.3 Å². The molecule has 7 heteroatoms. The molecule has 0 aliphatic rings. The van der Waals surface area contributed by atoms with Crippen LogP contribution in [0.1, 0.15) is 19.0 Å². The molecular weight excluding hydrogens is 354 g/mol. The van der Waals surface area contributed by atoms with E-state index in [0.717, 1.165) is 23.1 Å². The summed E-state index contributed by atoms with van der Waals surface area (Å²) in [5.74, 6) is 0. The van der Waals surface area contributed by atoms with E-state index in [1.165, 1.54) is 6.20 Å². The second kappa shape index (κ2) is 7.11. The Bertz CT molecular complexity index is 680. The lowest BCUT2D eigenvalue weighted by molar-refractivity contribution is 0.601. The average Bonchev–Trinajstić information content (AvgIpc) is 2.91. The van der Waals surface area contributed by atoms with E-state index in [0.29, 0.717) is 12.2 Å². The fourth-order valence-electron chi connectivity index (χ4n) is 1.81. The number of nitrogens with one attached hydrogen (secondary N) is 3. The topological polar surface area (TPSA) is 74.0 Å². The van der Waals surface area contributed by atoms with Gasteiger partial charge in [0.15, 0.2) is 0 Å². The van der Waals surface area contributed by atoms with Crippen LogP contribution in [0.25, 0.3) is 0 Å². The smallest absolute Gasteiger partial charge is 0.263 e. The summed E-state index contributed by atoms with van der Waals surface area (Å²) >= 11 is 3.31. The maximum Gasteiger partial charge on any atom is 0.263 e. The number of sulfonamides is 1. The standard InChI is InChI=1S/C14H18BrN3O2S/c1-2-7-16-9-13-8-14(10-17-13)21(19,20)18-12-5-3-11(15)4-6-12/h3-6,8,10,16-18H,2,7,9H2,1H3. The van der Waals surface area contributed by atoms with Crippen molar-refractivity contribution in [2.24, 2.45) is 0 Å². The van der Waals surface area contributed by atoms with Crippen molar-refractivity contribution in [1.29, 1.82) is 0 Å². The Morgan fingerprint density at radius 1 is 1.24 bits per heavy atom. The summed E-state index contributed by atoms with van der Waals surface area (Å²) in [5.41, 5.74) is 1.38. The van der Waals surface area contributed by atoms with Crippen molar-refractivity contribution in [2.45, 2.75) is 24.8 Å². The van der Waals surface area contributed by atoms with E-state index in [4.69, 9.17) is 0 Å². The number of benzene rings is 1. The molecule has 21 heavy (non-hydrogen) atoms. The summed E-state index contributed by atoms with van der Waals surface area (Å²) in [5, 5.41) is 3.22. The van der Waals surface area contributed by atoms with E-state index in [1.54, 1.807) is 30.3 Å². The Balaban J connectivity index is 2.07. The van der Waals surface area contributed by atoms with E-state index in [2.05, 4.69) is 37.9 Å². The highest BCUT2D eigenvalue weighted by atomic mass is 79.9. The first-order chi connectivity index (χ1) is 10.0. The molecular formula is C14H18BrN3O2S. The van der Waals surface area contributed by atoms with Crippen LogP contribution in [0, 0.1) is 0 Å². The summed E-state index contributed by atoms with van der Waals surface area (Å²) in [4.78, 5) is 3.21.